The fraction of sp³-hybridized carbons (Fsp3) is 0.353. The Morgan fingerprint density at radius 1 is 0.947 bits per heavy atom. The van der Waals surface area contributed by atoms with Gasteiger partial charge in [0.15, 0.2) is 0 Å². The van der Waals surface area contributed by atoms with Crippen LogP contribution in [-0.2, 0) is 5.41 Å². The summed E-state index contributed by atoms with van der Waals surface area (Å²) in [5, 5.41) is 1.56. The van der Waals surface area contributed by atoms with E-state index in [0.717, 1.165) is 0 Å². The van der Waals surface area contributed by atoms with Crippen LogP contribution in [0.2, 0.25) is 19.1 Å². The smallest absolute Gasteiger partial charge is 0.213 e. The molecular weight excluding hydrogens is 239 g/mol. The molecule has 0 fully saturated rings. The topological polar surface area (TPSA) is 0 Å². The molecule has 96 valence electrons. The third-order valence-electron chi connectivity index (χ3n) is 3.88. The molecule has 0 spiro atoms. The normalized spacial score (nSPS) is 12.0. The fourth-order valence-electron chi connectivity index (χ4n) is 3.02. The molecule has 2 aromatic rings. The van der Waals surface area contributed by atoms with Gasteiger partial charge in [-0.3, -0.25) is 0 Å². The monoisotopic (exact) mass is 262 g/mol. The molecule has 0 atom stereocenters. The van der Waals surface area contributed by atoms with Gasteiger partial charge in [-0.1, -0.05) is 73.9 Å². The van der Waals surface area contributed by atoms with Crippen LogP contribution in [-0.4, -0.2) is 8.07 Å². The Morgan fingerprint density at radius 2 is 1.47 bits per heavy atom. The zero-order chi connectivity index (χ0) is 13.2. The predicted molar refractivity (Wildman–Crippen MR) is 83.4 cm³/mol. The Bertz CT molecular complexity index is 483. The van der Waals surface area contributed by atoms with Crippen molar-refractivity contribution in [2.24, 2.45) is 0 Å². The van der Waals surface area contributed by atoms with Gasteiger partial charge in [-0.2, -0.15) is 17.7 Å². The Morgan fingerprint density at radius 3 is 2.00 bits per heavy atom. The first-order valence-corrected chi connectivity index (χ1v) is 9.90. The minimum Gasteiger partial charge on any atom is -0.213 e. The Hall–Kier alpha value is -0.616. The van der Waals surface area contributed by atoms with E-state index in [-0.39, 0.29) is 24.3 Å². The van der Waals surface area contributed by atoms with Gasteiger partial charge < -0.3 is 0 Å². The van der Waals surface area contributed by atoms with Crippen molar-refractivity contribution in [2.75, 3.05) is 0 Å². The molecule has 0 unspecified atom stereocenters. The zero-order valence-electron chi connectivity index (χ0n) is 12.9. The van der Waals surface area contributed by atoms with Crippen molar-refractivity contribution < 1.29 is 18.9 Å². The molecule has 0 aliphatic carbocycles. The quantitative estimate of drug-likeness (QED) is 0.575. The van der Waals surface area contributed by atoms with Crippen LogP contribution in [0.15, 0.2) is 54.6 Å². The van der Waals surface area contributed by atoms with Crippen LogP contribution in [0.4, 0.5) is 0 Å². The molecule has 2 rings (SSSR count). The van der Waals surface area contributed by atoms with Gasteiger partial charge in [-0.05, 0) is 0 Å². The molecule has 19 heavy (non-hydrogen) atoms. The van der Waals surface area contributed by atoms with E-state index < -0.39 is 8.07 Å². The first-order valence-electron chi connectivity index (χ1n) is 6.70. The van der Waals surface area contributed by atoms with Crippen molar-refractivity contribution in [2.45, 2.75) is 38.4 Å². The third kappa shape index (κ3) is 3.92. The zero-order valence-corrected chi connectivity index (χ0v) is 13.9. The largest absolute Gasteiger partial charge is 1.00 e. The second-order valence-electron chi connectivity index (χ2n) is 6.48. The first kappa shape index (κ1) is 16.4. The number of hydrogen-bond donors (Lipinski definition) is 0. The maximum atomic E-state index is 2.48. The van der Waals surface area contributed by atoms with Gasteiger partial charge in [-0.25, -0.2) is 12.1 Å². The molecule has 0 bridgehead atoms. The van der Waals surface area contributed by atoms with Gasteiger partial charge in [0.05, 0.1) is 8.07 Å². The molecule has 0 aliphatic heterocycles. The summed E-state index contributed by atoms with van der Waals surface area (Å²) in [6.45, 7) is 9.71. The molecule has 0 aromatic heterocycles. The molecule has 0 saturated carbocycles. The van der Waals surface area contributed by atoms with E-state index >= 15 is 0 Å². The van der Waals surface area contributed by atoms with Gasteiger partial charge in [0, 0.05) is 0 Å². The third-order valence-corrected chi connectivity index (χ3v) is 7.55. The molecule has 0 heterocycles. The summed E-state index contributed by atoms with van der Waals surface area (Å²) in [6.07, 6.45) is 0. The molecule has 0 amide bonds. The van der Waals surface area contributed by atoms with Crippen molar-refractivity contribution in [3.05, 3.63) is 60.2 Å². The summed E-state index contributed by atoms with van der Waals surface area (Å²) < 4.78 is 0. The van der Waals surface area contributed by atoms with E-state index in [1.807, 2.05) is 0 Å². The van der Waals surface area contributed by atoms with Crippen LogP contribution in [0.5, 0.6) is 0 Å². The SMILES string of the molecule is CC(C)(C[Si](C)(C)c1ccccc1)[c-]1cccc1.[Li+]. The summed E-state index contributed by atoms with van der Waals surface area (Å²) in [4.78, 5) is 0. The van der Waals surface area contributed by atoms with Gasteiger partial charge >= 0.3 is 18.9 Å². The maximum Gasteiger partial charge on any atom is 1.00 e. The van der Waals surface area contributed by atoms with E-state index in [2.05, 4.69) is 81.5 Å². The van der Waals surface area contributed by atoms with Crippen molar-refractivity contribution >= 4 is 13.3 Å². The predicted octanol–water partition coefficient (Wildman–Crippen LogP) is 1.30. The van der Waals surface area contributed by atoms with E-state index in [9.17, 15) is 0 Å². The summed E-state index contributed by atoms with van der Waals surface area (Å²) in [5.41, 5.74) is 1.74. The molecule has 0 nitrogen and oxygen atoms in total. The van der Waals surface area contributed by atoms with Crippen molar-refractivity contribution in [1.29, 1.82) is 0 Å². The van der Waals surface area contributed by atoms with Crippen molar-refractivity contribution in [3.63, 3.8) is 0 Å². The average Bonchev–Trinajstić information content (AvgIpc) is 2.83. The first-order chi connectivity index (χ1) is 8.42. The fourth-order valence-corrected chi connectivity index (χ4v) is 6.74. The molecule has 0 N–H and O–H groups in total. The Kier molecular flexibility index (Phi) is 5.38. The molecule has 0 aliphatic rings. The minimum absolute atomic E-state index is 0. The van der Waals surface area contributed by atoms with Gasteiger partial charge in [0.25, 0.3) is 0 Å². The number of benzene rings is 1. The van der Waals surface area contributed by atoms with Crippen LogP contribution < -0.4 is 24.0 Å². The van der Waals surface area contributed by atoms with Crippen LogP contribution in [0.3, 0.4) is 0 Å². The maximum absolute atomic E-state index is 2.48. The van der Waals surface area contributed by atoms with Crippen molar-refractivity contribution in [1.82, 2.24) is 0 Å². The van der Waals surface area contributed by atoms with Gasteiger partial charge in [-0.15, -0.1) is 0 Å². The van der Waals surface area contributed by atoms with E-state index in [1.165, 1.54) is 11.6 Å². The van der Waals surface area contributed by atoms with Crippen LogP contribution >= 0.6 is 0 Å². The summed E-state index contributed by atoms with van der Waals surface area (Å²) >= 11 is 0. The summed E-state index contributed by atoms with van der Waals surface area (Å²) in [5.74, 6) is 0. The van der Waals surface area contributed by atoms with E-state index in [4.69, 9.17) is 0 Å². The summed E-state index contributed by atoms with van der Waals surface area (Å²) in [7, 11) is -1.37. The molecule has 0 saturated heterocycles. The van der Waals surface area contributed by atoms with Crippen LogP contribution in [0.25, 0.3) is 0 Å². The molecule has 0 radical (unpaired) electrons. The van der Waals surface area contributed by atoms with Crippen molar-refractivity contribution in [3.8, 4) is 0 Å². The van der Waals surface area contributed by atoms with E-state index in [0.29, 0.717) is 0 Å². The average molecular weight is 262 g/mol. The molecule has 2 heteroatoms. The molecular formula is C17H23LiSi. The molecule has 2 aromatic carbocycles. The van der Waals surface area contributed by atoms with Crippen LogP contribution in [0.1, 0.15) is 19.4 Å². The van der Waals surface area contributed by atoms with Gasteiger partial charge in [0.2, 0.25) is 0 Å². The Labute approximate surface area is 130 Å². The number of rotatable bonds is 4. The second kappa shape index (κ2) is 6.22. The second-order valence-corrected chi connectivity index (χ2v) is 11.2. The standard InChI is InChI=1S/C17H23Si.Li/c1-17(2,15-10-8-9-11-15)14-18(3,4)16-12-6-5-7-13-16;/h5-13H,14H2,1-4H3;/q-1;+1. The minimum atomic E-state index is -1.37. The summed E-state index contributed by atoms with van der Waals surface area (Å²) in [6, 6.07) is 21.1. The number of hydrogen-bond acceptors (Lipinski definition) is 0. The van der Waals surface area contributed by atoms with Crippen LogP contribution in [0, 0.1) is 0 Å². The Balaban J connectivity index is 0.00000180. The van der Waals surface area contributed by atoms with E-state index in [1.54, 1.807) is 5.19 Å². The van der Waals surface area contributed by atoms with Gasteiger partial charge in [0.1, 0.15) is 0 Å².